The monoisotopic (exact) mass is 489 g/mol. The number of phosphoric ester groups is 1. The van der Waals surface area contributed by atoms with E-state index in [1.807, 2.05) is 6.92 Å². The van der Waals surface area contributed by atoms with Crippen molar-refractivity contribution < 1.29 is 38.8 Å². The highest BCUT2D eigenvalue weighted by molar-refractivity contribution is 7.71. The Labute approximate surface area is 188 Å². The molecule has 1 unspecified atom stereocenters. The highest BCUT2D eigenvalue weighted by Crippen LogP contribution is 2.56. The summed E-state index contributed by atoms with van der Waals surface area (Å²) in [7, 11) is -4.32. The van der Waals surface area contributed by atoms with Crippen LogP contribution in [0.4, 0.5) is 4.39 Å². The van der Waals surface area contributed by atoms with Crippen LogP contribution in [0, 0.1) is 25.5 Å². The molecule has 5 atom stereocenters. The maximum Gasteiger partial charge on any atom is 0.530 e. The van der Waals surface area contributed by atoms with Crippen LogP contribution in [0.15, 0.2) is 23.1 Å². The van der Waals surface area contributed by atoms with E-state index in [1.165, 1.54) is 6.92 Å². The number of nitrogens with one attached hydrogen (secondary N) is 1. The van der Waals surface area contributed by atoms with Gasteiger partial charge in [-0.05, 0) is 38.6 Å². The minimum absolute atomic E-state index is 0.103. The minimum atomic E-state index is -4.32. The van der Waals surface area contributed by atoms with Crippen LogP contribution in [-0.2, 0) is 25.0 Å². The topological polar surface area (TPSA) is 132 Å². The first kappa shape index (κ1) is 21.9. The number of aromatic amines is 1. The number of hydrogen-bond acceptors (Lipinski definition) is 9. The number of aliphatic hydroxyl groups excluding tert-OH is 2. The van der Waals surface area contributed by atoms with Crippen molar-refractivity contribution in [3.05, 3.63) is 55.7 Å². The summed E-state index contributed by atoms with van der Waals surface area (Å²) in [4.78, 5) is 14.0. The van der Waals surface area contributed by atoms with E-state index in [1.54, 1.807) is 19.1 Å². The number of alkyl halides is 1. The normalized spacial score (nSPS) is 34.6. The number of phosphoric acid groups is 1. The molecule has 0 spiro atoms. The fourth-order valence-corrected chi connectivity index (χ4v) is 5.03. The van der Waals surface area contributed by atoms with E-state index in [9.17, 15) is 19.6 Å². The summed E-state index contributed by atoms with van der Waals surface area (Å²) in [5.41, 5.74) is 1.81. The van der Waals surface area contributed by atoms with Gasteiger partial charge in [-0.1, -0.05) is 17.7 Å². The number of aromatic nitrogens is 2. The number of fused-ring (bicyclic) bond motifs is 1. The molecule has 0 amide bonds. The molecule has 2 aromatic rings. The standard InChI is InChI=1S/C19H22FN2O8PS/c1-9-4-10(2)14-12(5-9)7-27-31(26,30-14)28-8-19(20)15(24)13(23)17(29-19)22-6-11(3)16(25)21-18(22)32/h4-6,13,15,17,23-24H,7-8H2,1-3H3,(H,21,25,32)/t13-,15+,17-,19-,31?/m1/s1/i17D. The average Bonchev–Trinajstić information content (AvgIpc) is 2.91. The number of hydrogen-bond donors (Lipinski definition) is 3. The summed E-state index contributed by atoms with van der Waals surface area (Å²) in [6.07, 6.45) is -6.01. The summed E-state index contributed by atoms with van der Waals surface area (Å²) in [6, 6.07) is 3.59. The molecule has 10 nitrogen and oxygen atoms in total. The van der Waals surface area contributed by atoms with Gasteiger partial charge in [0.05, 0.1) is 7.98 Å². The second kappa shape index (κ2) is 8.14. The van der Waals surface area contributed by atoms with Crippen molar-refractivity contribution in [1.29, 1.82) is 0 Å². The van der Waals surface area contributed by atoms with E-state index in [4.69, 9.17) is 31.9 Å². The van der Waals surface area contributed by atoms with Crippen molar-refractivity contribution in [2.45, 2.75) is 51.6 Å². The van der Waals surface area contributed by atoms with Crippen LogP contribution in [0.3, 0.4) is 0 Å². The van der Waals surface area contributed by atoms with Gasteiger partial charge < -0.3 is 19.5 Å². The Morgan fingerprint density at radius 3 is 2.84 bits per heavy atom. The second-order valence-corrected chi connectivity index (χ2v) is 9.69. The molecule has 2 aliphatic heterocycles. The van der Waals surface area contributed by atoms with Crippen LogP contribution in [0.2, 0.25) is 0 Å². The first-order valence-electron chi connectivity index (χ1n) is 10.1. The number of rotatable bonds is 4. The summed E-state index contributed by atoms with van der Waals surface area (Å²) >= 11 is 4.99. The molecule has 4 rings (SSSR count). The van der Waals surface area contributed by atoms with Crippen molar-refractivity contribution in [1.82, 2.24) is 9.55 Å². The minimum Gasteiger partial charge on any atom is -0.403 e. The molecule has 3 heterocycles. The smallest absolute Gasteiger partial charge is 0.403 e. The van der Waals surface area contributed by atoms with Gasteiger partial charge in [0.25, 0.3) is 11.4 Å². The van der Waals surface area contributed by atoms with Gasteiger partial charge in [-0.2, -0.15) is 0 Å². The van der Waals surface area contributed by atoms with Gasteiger partial charge in [0, 0.05) is 17.3 Å². The molecular formula is C19H22FN2O8PS. The molecule has 0 aliphatic carbocycles. The molecule has 32 heavy (non-hydrogen) atoms. The van der Waals surface area contributed by atoms with E-state index < -0.39 is 44.3 Å². The molecule has 1 aromatic carbocycles. The van der Waals surface area contributed by atoms with Gasteiger partial charge in [0.15, 0.2) is 11.0 Å². The van der Waals surface area contributed by atoms with Crippen LogP contribution in [-0.4, -0.2) is 44.4 Å². The molecule has 0 bridgehead atoms. The average molecular weight is 489 g/mol. The SMILES string of the molecule is [2H][C@@]1(n2cc(C)c(=O)[nH]c2=S)O[C@](F)(COP2(=O)OCc3cc(C)cc(C)c3O2)[C@@H](O)[C@H]1O. The third-order valence-electron chi connectivity index (χ3n) is 5.12. The largest absolute Gasteiger partial charge is 0.530 e. The van der Waals surface area contributed by atoms with Gasteiger partial charge in [-0.15, -0.1) is 0 Å². The molecule has 1 fully saturated rings. The highest BCUT2D eigenvalue weighted by Gasteiger charge is 2.57. The van der Waals surface area contributed by atoms with Gasteiger partial charge >= 0.3 is 7.82 Å². The Kier molecular flexibility index (Phi) is 5.57. The number of aliphatic hydroxyl groups is 2. The second-order valence-electron chi connectivity index (χ2n) is 7.71. The van der Waals surface area contributed by atoms with Gasteiger partial charge in [-0.3, -0.25) is 23.4 Å². The molecular weight excluding hydrogens is 466 g/mol. The van der Waals surface area contributed by atoms with Crippen molar-refractivity contribution in [2.24, 2.45) is 0 Å². The molecule has 1 aromatic heterocycles. The number of halogens is 1. The van der Waals surface area contributed by atoms with Crippen LogP contribution >= 0.6 is 20.0 Å². The highest BCUT2D eigenvalue weighted by atomic mass is 32.1. The molecule has 2 aliphatic rings. The van der Waals surface area contributed by atoms with Crippen LogP contribution in [0.5, 0.6) is 5.75 Å². The maximum atomic E-state index is 15.6. The number of H-pyrrole nitrogens is 1. The Morgan fingerprint density at radius 1 is 1.41 bits per heavy atom. The van der Waals surface area contributed by atoms with E-state index in [-0.39, 0.29) is 22.7 Å². The lowest BCUT2D eigenvalue weighted by Gasteiger charge is -2.29. The lowest BCUT2D eigenvalue weighted by Crippen LogP contribution is -2.43. The predicted molar refractivity (Wildman–Crippen MR) is 111 cm³/mol. The van der Waals surface area contributed by atoms with Gasteiger partial charge in [0.2, 0.25) is 0 Å². The number of nitrogens with zero attached hydrogens (tertiary/aromatic N) is 1. The van der Waals surface area contributed by atoms with Crippen LogP contribution < -0.4 is 10.1 Å². The zero-order valence-corrected chi connectivity index (χ0v) is 19.0. The van der Waals surface area contributed by atoms with E-state index >= 15 is 4.39 Å². The Balaban J connectivity index is 1.58. The summed E-state index contributed by atoms with van der Waals surface area (Å²) in [6.45, 7) is 3.70. The molecule has 174 valence electrons. The zero-order chi connectivity index (χ0) is 24.3. The van der Waals surface area contributed by atoms with E-state index in [2.05, 4.69) is 4.98 Å². The van der Waals surface area contributed by atoms with Crippen molar-refractivity contribution in [3.8, 4) is 5.75 Å². The lowest BCUT2D eigenvalue weighted by molar-refractivity contribution is -0.205. The molecule has 0 radical (unpaired) electrons. The number of ether oxygens (including phenoxy) is 1. The van der Waals surface area contributed by atoms with Crippen molar-refractivity contribution in [3.63, 3.8) is 0 Å². The van der Waals surface area contributed by atoms with Crippen molar-refractivity contribution in [2.75, 3.05) is 6.61 Å². The first-order chi connectivity index (χ1) is 15.3. The lowest BCUT2D eigenvalue weighted by atomic mass is 10.1. The van der Waals surface area contributed by atoms with Gasteiger partial charge in [-0.25, -0.2) is 8.96 Å². The fourth-order valence-electron chi connectivity index (χ4n) is 3.50. The zero-order valence-electron chi connectivity index (χ0n) is 18.3. The fraction of sp³-hybridized carbons (Fsp3) is 0.474. The first-order valence-corrected chi connectivity index (χ1v) is 11.4. The quantitative estimate of drug-likeness (QED) is 0.438. The molecule has 0 saturated carbocycles. The third-order valence-corrected chi connectivity index (χ3v) is 6.72. The van der Waals surface area contributed by atoms with Gasteiger partial charge in [0.1, 0.15) is 24.6 Å². The third kappa shape index (κ3) is 4.08. The Bertz CT molecular complexity index is 1290. The Morgan fingerprint density at radius 2 is 2.12 bits per heavy atom. The Hall–Kier alpha value is -1.92. The summed E-state index contributed by atoms with van der Waals surface area (Å²) < 4.78 is 58.2. The molecule has 3 N–H and O–H groups in total. The summed E-state index contributed by atoms with van der Waals surface area (Å²) in [5.74, 6) is -2.91. The summed E-state index contributed by atoms with van der Waals surface area (Å²) in [5, 5.41) is 20.8. The molecule has 1 saturated heterocycles. The van der Waals surface area contributed by atoms with E-state index in [0.717, 1.165) is 16.3 Å². The van der Waals surface area contributed by atoms with E-state index in [0.29, 0.717) is 11.1 Å². The maximum absolute atomic E-state index is 15.6. The van der Waals surface area contributed by atoms with Crippen LogP contribution in [0.25, 0.3) is 0 Å². The predicted octanol–water partition coefficient (Wildman–Crippen LogP) is 2.48. The number of aryl methyl sites for hydroxylation is 3. The van der Waals surface area contributed by atoms with Crippen LogP contribution in [0.1, 0.15) is 29.8 Å². The van der Waals surface area contributed by atoms with Crippen molar-refractivity contribution >= 4 is 20.0 Å². The molecule has 13 heteroatoms. The number of benzene rings is 1.